The second kappa shape index (κ2) is 9.84. The van der Waals surface area contributed by atoms with Crippen molar-refractivity contribution in [1.82, 2.24) is 0 Å². The molecular formula is C22H20FNO5S2. The topological polar surface area (TPSA) is 89.5 Å². The van der Waals surface area contributed by atoms with Crippen molar-refractivity contribution in [1.29, 1.82) is 0 Å². The van der Waals surface area contributed by atoms with Crippen LogP contribution in [0.25, 0.3) is 10.4 Å². The number of thiophene rings is 1. The Morgan fingerprint density at radius 1 is 1.06 bits per heavy atom. The number of nitrogens with one attached hydrogen (secondary N) is 1. The number of hydrogen-bond acceptors (Lipinski definition) is 6. The second-order valence-electron chi connectivity index (χ2n) is 6.64. The van der Waals surface area contributed by atoms with Gasteiger partial charge in [0.2, 0.25) is 5.91 Å². The molecule has 0 unspecified atom stereocenters. The van der Waals surface area contributed by atoms with Gasteiger partial charge >= 0.3 is 5.97 Å². The lowest BCUT2D eigenvalue weighted by Gasteiger charge is -2.06. The number of methoxy groups -OCH3 is 1. The van der Waals surface area contributed by atoms with Crippen LogP contribution in [0.5, 0.6) is 0 Å². The first-order valence-electron chi connectivity index (χ1n) is 9.36. The molecule has 6 nitrogen and oxygen atoms in total. The molecular weight excluding hydrogens is 441 g/mol. The molecule has 0 aliphatic rings. The number of ether oxygens (including phenoxy) is 1. The fourth-order valence-electron chi connectivity index (χ4n) is 2.87. The summed E-state index contributed by atoms with van der Waals surface area (Å²) in [5.74, 6) is -1.77. The SMILES string of the molecule is COC(=O)c1sc(-c2ccccc2)cc1NC(=O)CCCS(=O)(=O)c1ccc(F)cc1. The predicted octanol–water partition coefficient (Wildman–Crippen LogP) is 4.53. The van der Waals surface area contributed by atoms with Gasteiger partial charge in [-0.15, -0.1) is 11.3 Å². The van der Waals surface area contributed by atoms with Gasteiger partial charge in [0.1, 0.15) is 10.7 Å². The molecule has 1 amide bonds. The van der Waals surface area contributed by atoms with E-state index in [0.29, 0.717) is 5.69 Å². The molecule has 3 rings (SSSR count). The zero-order chi connectivity index (χ0) is 22.4. The van der Waals surface area contributed by atoms with Gasteiger partial charge in [0.05, 0.1) is 23.4 Å². The standard InChI is InChI=1S/C22H20FNO5S2/c1-29-22(26)21-18(14-19(30-21)15-6-3-2-4-7-15)24-20(25)8-5-13-31(27,28)17-11-9-16(23)10-12-17/h2-4,6-7,9-12,14H,5,8,13H2,1H3,(H,24,25). The summed E-state index contributed by atoms with van der Waals surface area (Å²) in [6.45, 7) is 0. The zero-order valence-electron chi connectivity index (χ0n) is 16.6. The first-order chi connectivity index (χ1) is 14.8. The molecule has 1 N–H and O–H groups in total. The van der Waals surface area contributed by atoms with Crippen molar-refractivity contribution in [2.75, 3.05) is 18.2 Å². The maximum atomic E-state index is 13.0. The minimum absolute atomic E-state index is 0.00706. The summed E-state index contributed by atoms with van der Waals surface area (Å²) in [7, 11) is -2.36. The number of benzene rings is 2. The maximum absolute atomic E-state index is 13.0. The fraction of sp³-hybridized carbons (Fsp3) is 0.182. The summed E-state index contributed by atoms with van der Waals surface area (Å²) in [6.07, 6.45) is 0.0202. The fourth-order valence-corrected chi connectivity index (χ4v) is 5.22. The molecule has 9 heteroatoms. The quantitative estimate of drug-likeness (QED) is 0.393. The third-order valence-corrected chi connectivity index (χ3v) is 7.41. The summed E-state index contributed by atoms with van der Waals surface area (Å²) in [5.41, 5.74) is 1.21. The Labute approximate surface area is 183 Å². The number of amides is 1. The molecule has 3 aromatic rings. The minimum atomic E-state index is -3.62. The van der Waals surface area contributed by atoms with E-state index in [1.807, 2.05) is 30.3 Å². The highest BCUT2D eigenvalue weighted by Gasteiger charge is 2.20. The van der Waals surface area contributed by atoms with Crippen LogP contribution >= 0.6 is 11.3 Å². The van der Waals surface area contributed by atoms with E-state index in [0.717, 1.165) is 22.6 Å². The van der Waals surface area contributed by atoms with E-state index in [-0.39, 0.29) is 28.4 Å². The molecule has 0 spiro atoms. The monoisotopic (exact) mass is 461 g/mol. The van der Waals surface area contributed by atoms with Crippen LogP contribution in [0.4, 0.5) is 10.1 Å². The van der Waals surface area contributed by atoms with E-state index in [1.54, 1.807) is 6.07 Å². The van der Waals surface area contributed by atoms with Crippen LogP contribution in [0.2, 0.25) is 0 Å². The number of halogens is 1. The van der Waals surface area contributed by atoms with Crippen LogP contribution in [0.15, 0.2) is 65.6 Å². The number of anilines is 1. The van der Waals surface area contributed by atoms with Crippen LogP contribution in [0.1, 0.15) is 22.5 Å². The van der Waals surface area contributed by atoms with E-state index in [1.165, 1.54) is 30.6 Å². The maximum Gasteiger partial charge on any atom is 0.350 e. The molecule has 0 fully saturated rings. The number of carbonyl (C=O) groups excluding carboxylic acids is 2. The Bertz CT molecular complexity index is 1170. The number of sulfone groups is 1. The van der Waals surface area contributed by atoms with E-state index in [9.17, 15) is 22.4 Å². The molecule has 0 atom stereocenters. The van der Waals surface area contributed by atoms with E-state index < -0.39 is 27.5 Å². The van der Waals surface area contributed by atoms with Gasteiger partial charge in [-0.2, -0.15) is 0 Å². The van der Waals surface area contributed by atoms with Gasteiger partial charge in [0.25, 0.3) is 0 Å². The summed E-state index contributed by atoms with van der Waals surface area (Å²) >= 11 is 1.20. The summed E-state index contributed by atoms with van der Waals surface area (Å²) in [5, 5.41) is 2.68. The highest BCUT2D eigenvalue weighted by molar-refractivity contribution is 7.91. The van der Waals surface area contributed by atoms with Gasteiger partial charge in [0, 0.05) is 11.3 Å². The average molecular weight is 462 g/mol. The Morgan fingerprint density at radius 3 is 2.39 bits per heavy atom. The summed E-state index contributed by atoms with van der Waals surface area (Å²) in [6, 6.07) is 15.6. The van der Waals surface area contributed by atoms with Crippen LogP contribution in [0.3, 0.4) is 0 Å². The molecule has 1 aromatic heterocycles. The van der Waals surface area contributed by atoms with Gasteiger partial charge in [-0.25, -0.2) is 17.6 Å². The lowest BCUT2D eigenvalue weighted by molar-refractivity contribution is -0.116. The smallest absolute Gasteiger partial charge is 0.350 e. The van der Waals surface area contributed by atoms with Crippen molar-refractivity contribution in [2.45, 2.75) is 17.7 Å². The second-order valence-corrected chi connectivity index (χ2v) is 9.80. The molecule has 0 radical (unpaired) electrons. The van der Waals surface area contributed by atoms with E-state index in [4.69, 9.17) is 4.74 Å². The first-order valence-corrected chi connectivity index (χ1v) is 11.8. The number of hydrogen-bond donors (Lipinski definition) is 1. The Morgan fingerprint density at radius 2 is 1.74 bits per heavy atom. The van der Waals surface area contributed by atoms with Crippen molar-refractivity contribution < 1.29 is 27.1 Å². The van der Waals surface area contributed by atoms with Crippen LogP contribution in [0, 0.1) is 5.82 Å². The Balaban J connectivity index is 1.66. The lowest BCUT2D eigenvalue weighted by atomic mass is 10.2. The molecule has 0 bridgehead atoms. The van der Waals surface area contributed by atoms with Crippen LogP contribution in [-0.4, -0.2) is 33.2 Å². The average Bonchev–Trinajstić information content (AvgIpc) is 3.17. The van der Waals surface area contributed by atoms with Crippen LogP contribution in [-0.2, 0) is 19.4 Å². The van der Waals surface area contributed by atoms with Gasteiger partial charge in [0.15, 0.2) is 9.84 Å². The largest absolute Gasteiger partial charge is 0.465 e. The molecule has 0 aliphatic heterocycles. The Kier molecular flexibility index (Phi) is 7.19. The number of carbonyl (C=O) groups is 2. The van der Waals surface area contributed by atoms with Gasteiger partial charge in [-0.05, 0) is 42.3 Å². The molecule has 1 heterocycles. The molecule has 0 aliphatic carbocycles. The summed E-state index contributed by atoms with van der Waals surface area (Å²) < 4.78 is 42.4. The highest BCUT2D eigenvalue weighted by atomic mass is 32.2. The third kappa shape index (κ3) is 5.77. The van der Waals surface area contributed by atoms with Crippen molar-refractivity contribution in [3.05, 3.63) is 71.4 Å². The molecule has 2 aromatic carbocycles. The van der Waals surface area contributed by atoms with Gasteiger partial charge in [-0.1, -0.05) is 30.3 Å². The van der Waals surface area contributed by atoms with Crippen molar-refractivity contribution >= 4 is 38.7 Å². The number of rotatable bonds is 8. The van der Waals surface area contributed by atoms with E-state index >= 15 is 0 Å². The summed E-state index contributed by atoms with van der Waals surface area (Å²) in [4.78, 5) is 25.6. The van der Waals surface area contributed by atoms with Crippen molar-refractivity contribution in [3.63, 3.8) is 0 Å². The molecule has 162 valence electrons. The van der Waals surface area contributed by atoms with E-state index in [2.05, 4.69) is 5.32 Å². The highest BCUT2D eigenvalue weighted by Crippen LogP contribution is 2.35. The third-order valence-electron chi connectivity index (χ3n) is 4.42. The van der Waals surface area contributed by atoms with Crippen molar-refractivity contribution in [3.8, 4) is 10.4 Å². The first kappa shape index (κ1) is 22.6. The van der Waals surface area contributed by atoms with Crippen molar-refractivity contribution in [2.24, 2.45) is 0 Å². The minimum Gasteiger partial charge on any atom is -0.465 e. The predicted molar refractivity (Wildman–Crippen MR) is 117 cm³/mol. The van der Waals surface area contributed by atoms with Gasteiger partial charge in [-0.3, -0.25) is 4.79 Å². The molecule has 31 heavy (non-hydrogen) atoms. The Hall–Kier alpha value is -3.04. The lowest BCUT2D eigenvalue weighted by Crippen LogP contribution is -2.15. The van der Waals surface area contributed by atoms with Crippen LogP contribution < -0.4 is 5.32 Å². The zero-order valence-corrected chi connectivity index (χ0v) is 18.3. The van der Waals surface area contributed by atoms with Gasteiger partial charge < -0.3 is 10.1 Å². The molecule has 0 saturated carbocycles. The molecule has 0 saturated heterocycles. The number of esters is 1. The normalized spacial score (nSPS) is 11.2.